The Bertz CT molecular complexity index is 555. The summed E-state index contributed by atoms with van der Waals surface area (Å²) in [4.78, 5) is 11.4. The number of fused-ring (bicyclic) bond motifs is 1. The van der Waals surface area contributed by atoms with Gasteiger partial charge in [-0.05, 0) is 31.9 Å². The highest BCUT2D eigenvalue weighted by molar-refractivity contribution is 9.10. The highest BCUT2D eigenvalue weighted by Gasteiger charge is 2.22. The number of nitrogens with zero attached hydrogens (tertiary/aromatic N) is 3. The number of halogens is 1. The minimum atomic E-state index is 0.555. The largest absolute Gasteiger partial charge is 0.338 e. The number of anilines is 1. The van der Waals surface area contributed by atoms with Gasteiger partial charge in [0.05, 0.1) is 5.52 Å². The average Bonchev–Trinajstić information content (AvgIpc) is 2.75. The summed E-state index contributed by atoms with van der Waals surface area (Å²) in [5.74, 6) is 0.862. The van der Waals surface area contributed by atoms with Gasteiger partial charge < -0.3 is 4.90 Å². The van der Waals surface area contributed by atoms with Crippen molar-refractivity contribution in [2.24, 2.45) is 0 Å². The van der Waals surface area contributed by atoms with Crippen molar-refractivity contribution in [3.05, 3.63) is 28.9 Å². The Morgan fingerprint density at radius 3 is 3.06 bits per heavy atom. The van der Waals surface area contributed by atoms with Gasteiger partial charge >= 0.3 is 0 Å². The van der Waals surface area contributed by atoms with Gasteiger partial charge in [-0.2, -0.15) is 0 Å². The standard InChI is InChI=1S/C13H14BrN3/c1-9-4-3-7-17(9)13-15-8-10-11(14)5-2-6-12(10)16-13/h2,5-6,8-9H,3-4,7H2,1H3. The molecule has 1 saturated heterocycles. The van der Waals surface area contributed by atoms with E-state index in [9.17, 15) is 0 Å². The second kappa shape index (κ2) is 4.26. The van der Waals surface area contributed by atoms with Crippen molar-refractivity contribution >= 4 is 32.8 Å². The molecule has 0 bridgehead atoms. The van der Waals surface area contributed by atoms with Crippen LogP contribution in [0.15, 0.2) is 28.9 Å². The van der Waals surface area contributed by atoms with Gasteiger partial charge in [0.15, 0.2) is 0 Å². The molecule has 0 saturated carbocycles. The zero-order valence-corrected chi connectivity index (χ0v) is 11.3. The summed E-state index contributed by atoms with van der Waals surface area (Å²) in [7, 11) is 0. The molecule has 1 aromatic carbocycles. The van der Waals surface area contributed by atoms with Gasteiger partial charge in [-0.25, -0.2) is 9.97 Å². The predicted molar refractivity (Wildman–Crippen MR) is 73.3 cm³/mol. The Kier molecular flexibility index (Phi) is 2.74. The third-order valence-electron chi connectivity index (χ3n) is 3.37. The van der Waals surface area contributed by atoms with Crippen LogP contribution < -0.4 is 4.90 Å². The van der Waals surface area contributed by atoms with Gasteiger partial charge in [0.1, 0.15) is 0 Å². The Hall–Kier alpha value is -1.16. The van der Waals surface area contributed by atoms with E-state index in [-0.39, 0.29) is 0 Å². The number of hydrogen-bond acceptors (Lipinski definition) is 3. The SMILES string of the molecule is CC1CCCN1c1ncc2c(Br)cccc2n1. The van der Waals surface area contributed by atoms with Gasteiger partial charge in [0.25, 0.3) is 0 Å². The lowest BCUT2D eigenvalue weighted by atomic mass is 10.2. The summed E-state index contributed by atoms with van der Waals surface area (Å²) in [6.07, 6.45) is 4.38. The van der Waals surface area contributed by atoms with Crippen molar-refractivity contribution in [1.82, 2.24) is 9.97 Å². The maximum Gasteiger partial charge on any atom is 0.226 e. The molecule has 3 nitrogen and oxygen atoms in total. The van der Waals surface area contributed by atoms with Crippen LogP contribution >= 0.6 is 15.9 Å². The molecule has 1 unspecified atom stereocenters. The fraction of sp³-hybridized carbons (Fsp3) is 0.385. The first-order valence-electron chi connectivity index (χ1n) is 5.93. The minimum Gasteiger partial charge on any atom is -0.338 e. The Morgan fingerprint density at radius 2 is 2.29 bits per heavy atom. The Morgan fingerprint density at radius 1 is 1.41 bits per heavy atom. The van der Waals surface area contributed by atoms with E-state index in [2.05, 4.69) is 37.7 Å². The second-order valence-corrected chi connectivity index (χ2v) is 5.38. The number of aromatic nitrogens is 2. The first kappa shape index (κ1) is 11.0. The topological polar surface area (TPSA) is 29.0 Å². The first-order chi connectivity index (χ1) is 8.25. The zero-order chi connectivity index (χ0) is 11.8. The highest BCUT2D eigenvalue weighted by atomic mass is 79.9. The molecule has 0 N–H and O–H groups in total. The smallest absolute Gasteiger partial charge is 0.226 e. The van der Waals surface area contributed by atoms with E-state index in [1.54, 1.807) is 0 Å². The number of rotatable bonds is 1. The van der Waals surface area contributed by atoms with Gasteiger partial charge in [-0.15, -0.1) is 0 Å². The van der Waals surface area contributed by atoms with Gasteiger partial charge in [0.2, 0.25) is 5.95 Å². The third kappa shape index (κ3) is 1.90. The summed E-state index contributed by atoms with van der Waals surface area (Å²) < 4.78 is 1.05. The van der Waals surface area contributed by atoms with Crippen LogP contribution in [0.5, 0.6) is 0 Å². The molecular weight excluding hydrogens is 278 g/mol. The predicted octanol–water partition coefficient (Wildman–Crippen LogP) is 3.38. The molecule has 3 rings (SSSR count). The Balaban J connectivity index is 2.07. The van der Waals surface area contributed by atoms with E-state index in [0.717, 1.165) is 27.9 Å². The lowest BCUT2D eigenvalue weighted by Crippen LogP contribution is -2.28. The van der Waals surface area contributed by atoms with Crippen LogP contribution in [0.3, 0.4) is 0 Å². The van der Waals surface area contributed by atoms with E-state index >= 15 is 0 Å². The van der Waals surface area contributed by atoms with Crippen molar-refractivity contribution < 1.29 is 0 Å². The molecule has 0 amide bonds. The number of benzene rings is 1. The molecular formula is C13H14BrN3. The molecule has 1 fully saturated rings. The van der Waals surface area contributed by atoms with Crippen molar-refractivity contribution in [3.63, 3.8) is 0 Å². The molecule has 1 atom stereocenters. The van der Waals surface area contributed by atoms with Gasteiger partial charge in [-0.1, -0.05) is 22.0 Å². The van der Waals surface area contributed by atoms with Crippen molar-refractivity contribution in [2.75, 3.05) is 11.4 Å². The monoisotopic (exact) mass is 291 g/mol. The van der Waals surface area contributed by atoms with Crippen LogP contribution in [0.4, 0.5) is 5.95 Å². The summed E-state index contributed by atoms with van der Waals surface area (Å²) in [5.41, 5.74) is 1.00. The first-order valence-corrected chi connectivity index (χ1v) is 6.73. The fourth-order valence-electron chi connectivity index (χ4n) is 2.38. The van der Waals surface area contributed by atoms with Gasteiger partial charge in [-0.3, -0.25) is 0 Å². The maximum atomic E-state index is 4.65. The summed E-state index contributed by atoms with van der Waals surface area (Å²) in [6.45, 7) is 3.31. The lowest BCUT2D eigenvalue weighted by molar-refractivity contribution is 0.719. The maximum absolute atomic E-state index is 4.65. The van der Waals surface area contributed by atoms with E-state index in [1.807, 2.05) is 24.4 Å². The van der Waals surface area contributed by atoms with Crippen molar-refractivity contribution in [3.8, 4) is 0 Å². The van der Waals surface area contributed by atoms with E-state index in [0.29, 0.717) is 6.04 Å². The highest BCUT2D eigenvalue weighted by Crippen LogP contribution is 2.26. The van der Waals surface area contributed by atoms with Gasteiger partial charge in [0, 0.05) is 28.6 Å². The molecule has 2 heterocycles. The normalized spacial score (nSPS) is 20.1. The van der Waals surface area contributed by atoms with Crippen LogP contribution in [-0.4, -0.2) is 22.6 Å². The van der Waals surface area contributed by atoms with Crippen molar-refractivity contribution in [2.45, 2.75) is 25.8 Å². The molecule has 2 aromatic rings. The average molecular weight is 292 g/mol. The van der Waals surface area contributed by atoms with E-state index in [4.69, 9.17) is 0 Å². The van der Waals surface area contributed by atoms with Crippen LogP contribution in [0, 0.1) is 0 Å². The van der Waals surface area contributed by atoms with Crippen LogP contribution in [-0.2, 0) is 0 Å². The molecule has 0 aliphatic carbocycles. The molecule has 0 spiro atoms. The minimum absolute atomic E-state index is 0.555. The van der Waals surface area contributed by atoms with Crippen LogP contribution in [0.1, 0.15) is 19.8 Å². The lowest BCUT2D eigenvalue weighted by Gasteiger charge is -2.21. The molecule has 4 heteroatoms. The third-order valence-corrected chi connectivity index (χ3v) is 4.06. The number of hydrogen-bond donors (Lipinski definition) is 0. The molecule has 0 radical (unpaired) electrons. The molecule has 1 aliphatic rings. The van der Waals surface area contributed by atoms with E-state index in [1.165, 1.54) is 12.8 Å². The summed E-state index contributed by atoms with van der Waals surface area (Å²) in [5, 5.41) is 1.07. The summed E-state index contributed by atoms with van der Waals surface area (Å²) >= 11 is 3.52. The molecule has 1 aliphatic heterocycles. The van der Waals surface area contributed by atoms with Crippen molar-refractivity contribution in [1.29, 1.82) is 0 Å². The van der Waals surface area contributed by atoms with Crippen LogP contribution in [0.25, 0.3) is 10.9 Å². The van der Waals surface area contributed by atoms with E-state index < -0.39 is 0 Å². The van der Waals surface area contributed by atoms with Crippen LogP contribution in [0.2, 0.25) is 0 Å². The molecule has 1 aromatic heterocycles. The zero-order valence-electron chi connectivity index (χ0n) is 9.73. The second-order valence-electron chi connectivity index (χ2n) is 4.53. The molecule has 88 valence electrons. The Labute approximate surface area is 109 Å². The molecule has 17 heavy (non-hydrogen) atoms. The fourth-order valence-corrected chi connectivity index (χ4v) is 2.84. The summed E-state index contributed by atoms with van der Waals surface area (Å²) in [6, 6.07) is 6.62. The quantitative estimate of drug-likeness (QED) is 0.807.